The zero-order valence-electron chi connectivity index (χ0n) is 8.17. The molecule has 0 aliphatic heterocycles. The first kappa shape index (κ1) is 14.8. The topological polar surface area (TPSA) is 54.4 Å². The molecule has 1 rings (SSSR count). The van der Waals surface area contributed by atoms with E-state index in [4.69, 9.17) is 4.55 Å². The van der Waals surface area contributed by atoms with Crippen LogP contribution in [0.2, 0.25) is 0 Å². The Hall–Kier alpha value is -1.29. The molecule has 0 unspecified atom stereocenters. The van der Waals surface area contributed by atoms with Gasteiger partial charge >= 0.3 is 21.3 Å². The van der Waals surface area contributed by atoms with Crippen molar-refractivity contribution in [3.8, 4) is 0 Å². The van der Waals surface area contributed by atoms with Gasteiger partial charge in [-0.15, -0.1) is 0 Å². The molecule has 0 spiro atoms. The molecule has 0 heterocycles. The highest BCUT2D eigenvalue weighted by molar-refractivity contribution is 7.86. The lowest BCUT2D eigenvalue weighted by molar-refractivity contribution is -0.167. The maximum atomic E-state index is 13.2. The van der Waals surface area contributed by atoms with Crippen molar-refractivity contribution in [1.29, 1.82) is 0 Å². The Morgan fingerprint density at radius 2 is 1.50 bits per heavy atom. The van der Waals surface area contributed by atoms with Crippen LogP contribution in [-0.2, 0) is 16.0 Å². The first-order valence-corrected chi connectivity index (χ1v) is 5.53. The average molecular weight is 294 g/mol. The minimum Gasteiger partial charge on any atom is -0.281 e. The summed E-state index contributed by atoms with van der Waals surface area (Å²) < 4.78 is 105. The predicted octanol–water partition coefficient (Wildman–Crippen LogP) is 2.54. The van der Waals surface area contributed by atoms with Crippen LogP contribution >= 0.6 is 0 Å². The smallest absolute Gasteiger partial charge is 0.281 e. The highest BCUT2D eigenvalue weighted by atomic mass is 32.2. The number of benzene rings is 1. The lowest BCUT2D eigenvalue weighted by atomic mass is 10.1. The fourth-order valence-corrected chi connectivity index (χ4v) is 1.46. The third kappa shape index (κ3) is 2.17. The lowest BCUT2D eigenvalue weighted by Crippen LogP contribution is -2.44. The third-order valence-corrected chi connectivity index (χ3v) is 2.88. The predicted molar refractivity (Wildman–Crippen MR) is 46.7 cm³/mol. The zero-order valence-corrected chi connectivity index (χ0v) is 8.99. The molecule has 1 aromatic carbocycles. The van der Waals surface area contributed by atoms with Gasteiger partial charge in [0.1, 0.15) is 0 Å². The Balaban J connectivity index is 3.42. The van der Waals surface area contributed by atoms with Gasteiger partial charge in [-0.1, -0.05) is 0 Å². The van der Waals surface area contributed by atoms with Gasteiger partial charge in [0.25, 0.3) is 0 Å². The van der Waals surface area contributed by atoms with Crippen LogP contribution in [0, 0.1) is 11.6 Å². The van der Waals surface area contributed by atoms with Crippen LogP contribution in [0.1, 0.15) is 5.56 Å². The zero-order chi connectivity index (χ0) is 14.4. The molecule has 0 atom stereocenters. The van der Waals surface area contributed by atoms with Gasteiger partial charge < -0.3 is 0 Å². The molecule has 1 N–H and O–H groups in total. The second-order valence-electron chi connectivity index (χ2n) is 3.20. The van der Waals surface area contributed by atoms with Crippen molar-refractivity contribution in [2.75, 3.05) is 0 Å². The first-order chi connectivity index (χ1) is 7.91. The largest absolute Gasteiger partial charge is 0.436 e. The quantitative estimate of drug-likeness (QED) is 0.688. The molecule has 0 radical (unpaired) electrons. The highest BCUT2D eigenvalue weighted by Crippen LogP contribution is 2.45. The van der Waals surface area contributed by atoms with E-state index in [0.717, 1.165) is 0 Å². The lowest BCUT2D eigenvalue weighted by Gasteiger charge is -2.24. The van der Waals surface area contributed by atoms with Crippen molar-refractivity contribution in [2.24, 2.45) is 0 Å². The molecule has 0 saturated heterocycles. The number of rotatable bonds is 3. The van der Waals surface area contributed by atoms with Crippen LogP contribution < -0.4 is 0 Å². The molecular weight excluding hydrogens is 290 g/mol. The van der Waals surface area contributed by atoms with Gasteiger partial charge in [0.2, 0.25) is 0 Å². The summed E-state index contributed by atoms with van der Waals surface area (Å²) >= 11 is 0. The van der Waals surface area contributed by atoms with Crippen molar-refractivity contribution in [1.82, 2.24) is 0 Å². The van der Waals surface area contributed by atoms with Crippen LogP contribution in [0.3, 0.4) is 0 Å². The molecule has 0 aromatic heterocycles. The average Bonchev–Trinajstić information content (AvgIpc) is 2.20. The Kier molecular flexibility index (Phi) is 3.38. The van der Waals surface area contributed by atoms with Crippen molar-refractivity contribution in [3.05, 3.63) is 35.4 Å². The van der Waals surface area contributed by atoms with E-state index in [1.54, 1.807) is 0 Å². The highest BCUT2D eigenvalue weighted by Gasteiger charge is 2.66. The van der Waals surface area contributed by atoms with Gasteiger partial charge in [0.15, 0.2) is 11.6 Å². The van der Waals surface area contributed by atoms with Gasteiger partial charge in [0, 0.05) is 5.56 Å². The molecule has 10 heteroatoms. The maximum absolute atomic E-state index is 13.2. The Morgan fingerprint density at radius 3 is 1.89 bits per heavy atom. The minimum absolute atomic E-state index is 0.0809. The fourth-order valence-electron chi connectivity index (χ4n) is 1.02. The number of alkyl halides is 4. The summed E-state index contributed by atoms with van der Waals surface area (Å²) in [5, 5.41) is -5.87. The third-order valence-electron chi connectivity index (χ3n) is 1.97. The molecule has 0 saturated carbocycles. The summed E-state index contributed by atoms with van der Waals surface area (Å²) in [6.45, 7) is 0. The summed E-state index contributed by atoms with van der Waals surface area (Å²) in [5.41, 5.74) is -1.79. The summed E-state index contributed by atoms with van der Waals surface area (Å²) in [6, 6.07) is -0.0788. The standard InChI is InChI=1S/C8H4F6O3S/c9-5-2-1-4(3-6(5)10)7(11,12)8(13,14)18(15,16)17/h1-3H,(H,15,16,17). The monoisotopic (exact) mass is 294 g/mol. The molecule has 0 aliphatic carbocycles. The Bertz CT molecular complexity index is 568. The molecule has 0 fully saturated rings. The molecule has 0 amide bonds. The van der Waals surface area contributed by atoms with E-state index >= 15 is 0 Å². The van der Waals surface area contributed by atoms with E-state index < -0.39 is 38.5 Å². The number of hydrogen-bond donors (Lipinski definition) is 1. The van der Waals surface area contributed by atoms with Crippen LogP contribution in [0.25, 0.3) is 0 Å². The number of halogens is 6. The van der Waals surface area contributed by atoms with E-state index in [0.29, 0.717) is 0 Å². The molecule has 0 aliphatic rings. The number of hydrogen-bond acceptors (Lipinski definition) is 2. The maximum Gasteiger partial charge on any atom is 0.436 e. The molecule has 3 nitrogen and oxygen atoms in total. The van der Waals surface area contributed by atoms with Crippen molar-refractivity contribution in [3.63, 3.8) is 0 Å². The van der Waals surface area contributed by atoms with Crippen LogP contribution in [0.4, 0.5) is 26.3 Å². The van der Waals surface area contributed by atoms with Crippen LogP contribution in [-0.4, -0.2) is 18.2 Å². The van der Waals surface area contributed by atoms with Gasteiger partial charge in [-0.25, -0.2) is 8.78 Å². The van der Waals surface area contributed by atoms with Crippen molar-refractivity contribution >= 4 is 10.1 Å². The van der Waals surface area contributed by atoms with E-state index in [1.165, 1.54) is 0 Å². The Morgan fingerprint density at radius 1 is 1.00 bits per heavy atom. The van der Waals surface area contributed by atoms with E-state index in [9.17, 15) is 34.8 Å². The van der Waals surface area contributed by atoms with Crippen LogP contribution in [0.15, 0.2) is 18.2 Å². The molecule has 1 aromatic rings. The fraction of sp³-hybridized carbons (Fsp3) is 0.250. The van der Waals surface area contributed by atoms with Crippen molar-refractivity contribution in [2.45, 2.75) is 11.2 Å². The van der Waals surface area contributed by atoms with Gasteiger partial charge in [-0.3, -0.25) is 4.55 Å². The van der Waals surface area contributed by atoms with E-state index in [1.807, 2.05) is 0 Å². The molecule has 0 bridgehead atoms. The molecule has 18 heavy (non-hydrogen) atoms. The van der Waals surface area contributed by atoms with Gasteiger partial charge in [-0.2, -0.15) is 26.0 Å². The van der Waals surface area contributed by atoms with E-state index in [2.05, 4.69) is 0 Å². The van der Waals surface area contributed by atoms with E-state index in [-0.39, 0.29) is 18.2 Å². The first-order valence-electron chi connectivity index (χ1n) is 4.09. The van der Waals surface area contributed by atoms with Gasteiger partial charge in [-0.05, 0) is 18.2 Å². The summed E-state index contributed by atoms with van der Waals surface area (Å²) in [7, 11) is -6.43. The normalized spacial score (nSPS) is 13.7. The minimum atomic E-state index is -6.43. The summed E-state index contributed by atoms with van der Waals surface area (Å²) in [5.74, 6) is -8.86. The van der Waals surface area contributed by atoms with Crippen molar-refractivity contribution < 1.29 is 39.3 Å². The Labute approximate surface area is 96.8 Å². The van der Waals surface area contributed by atoms with Crippen LogP contribution in [0.5, 0.6) is 0 Å². The summed E-state index contributed by atoms with van der Waals surface area (Å²) in [6.07, 6.45) is 0. The molecular formula is C8H4F6O3S. The SMILES string of the molecule is O=S(=O)(O)C(F)(F)C(F)(F)c1ccc(F)c(F)c1. The second-order valence-corrected chi connectivity index (χ2v) is 4.66. The van der Waals surface area contributed by atoms with Gasteiger partial charge in [0.05, 0.1) is 0 Å². The second kappa shape index (κ2) is 4.12. The molecule has 102 valence electrons. The summed E-state index contributed by atoms with van der Waals surface area (Å²) in [4.78, 5) is 0.